The first kappa shape index (κ1) is 23.2. The highest BCUT2D eigenvalue weighted by Crippen LogP contribution is 2.33. The number of hydrogen-bond donors (Lipinski definition) is 3. The van der Waals surface area contributed by atoms with E-state index in [0.29, 0.717) is 27.4 Å². The number of guanidine groups is 1. The maximum atomic E-state index is 12.8. The van der Waals surface area contributed by atoms with Gasteiger partial charge in [0.1, 0.15) is 12.3 Å². The highest BCUT2D eigenvalue weighted by atomic mass is 35.5. The SMILES string of the molecule is O=C(O)CN=C(NC(=O)c1ccc(Cl)cc1)N1CC(O)(c2ccccc2)C(c2ccccc2)=N1. The Balaban J connectivity index is 1.72. The first-order valence-corrected chi connectivity index (χ1v) is 10.8. The molecule has 0 saturated carbocycles. The predicted molar refractivity (Wildman–Crippen MR) is 129 cm³/mol. The van der Waals surface area contributed by atoms with Gasteiger partial charge in [-0.3, -0.25) is 14.9 Å². The molecular weight excluding hydrogens is 456 g/mol. The van der Waals surface area contributed by atoms with Crippen LogP contribution in [0.4, 0.5) is 0 Å². The number of β-amino-alcohol motifs (C(OH)–C–C–N with tert-alkyl or cyclic N) is 1. The molecule has 3 N–H and O–H groups in total. The molecular formula is C25H21ClN4O4. The molecule has 3 aromatic rings. The Bertz CT molecular complexity index is 1250. The summed E-state index contributed by atoms with van der Waals surface area (Å²) in [6.45, 7) is -0.673. The van der Waals surface area contributed by atoms with Gasteiger partial charge in [-0.1, -0.05) is 72.3 Å². The number of carboxylic acid groups (broad SMARTS) is 1. The number of benzene rings is 3. The number of rotatable bonds is 5. The van der Waals surface area contributed by atoms with E-state index in [2.05, 4.69) is 15.4 Å². The second-order valence-corrected chi connectivity index (χ2v) is 8.03. The number of hydrogen-bond acceptors (Lipinski definition) is 5. The fourth-order valence-corrected chi connectivity index (χ4v) is 3.72. The number of aliphatic hydroxyl groups is 1. The Labute approximate surface area is 200 Å². The number of carbonyl (C=O) groups excluding carboxylic acids is 1. The van der Waals surface area contributed by atoms with Gasteiger partial charge in [-0.2, -0.15) is 5.10 Å². The topological polar surface area (TPSA) is 115 Å². The molecule has 0 aromatic heterocycles. The highest BCUT2D eigenvalue weighted by Gasteiger charge is 2.44. The largest absolute Gasteiger partial charge is 0.480 e. The van der Waals surface area contributed by atoms with Gasteiger partial charge in [0.2, 0.25) is 5.96 Å². The van der Waals surface area contributed by atoms with Gasteiger partial charge in [0.15, 0.2) is 5.60 Å². The van der Waals surface area contributed by atoms with Gasteiger partial charge in [0.25, 0.3) is 5.91 Å². The number of carbonyl (C=O) groups is 2. The number of carboxylic acids is 1. The standard InChI is InChI=1S/C25H21ClN4O4/c26-20-13-11-18(12-14-20)23(33)28-24(27-15-21(31)32)30-16-25(34,19-9-5-2-6-10-19)22(29-30)17-7-3-1-4-8-17/h1-14,34H,15-16H2,(H,31,32)(H,27,28,33). The number of amides is 1. The lowest BCUT2D eigenvalue weighted by atomic mass is 9.86. The molecule has 1 aliphatic heterocycles. The van der Waals surface area contributed by atoms with E-state index in [1.165, 1.54) is 17.1 Å². The molecule has 1 heterocycles. The number of aliphatic imine (C=N–C) groups is 1. The van der Waals surface area contributed by atoms with E-state index >= 15 is 0 Å². The maximum absolute atomic E-state index is 12.8. The summed E-state index contributed by atoms with van der Waals surface area (Å²) in [7, 11) is 0. The zero-order chi connectivity index (χ0) is 24.1. The molecule has 0 spiro atoms. The van der Waals surface area contributed by atoms with Crippen LogP contribution in [-0.2, 0) is 10.4 Å². The van der Waals surface area contributed by atoms with E-state index in [9.17, 15) is 14.7 Å². The van der Waals surface area contributed by atoms with Gasteiger partial charge in [-0.25, -0.2) is 10.0 Å². The molecule has 4 rings (SSSR count). The third-order valence-electron chi connectivity index (χ3n) is 5.23. The van der Waals surface area contributed by atoms with Crippen molar-refractivity contribution < 1.29 is 19.8 Å². The predicted octanol–water partition coefficient (Wildman–Crippen LogP) is 3.12. The van der Waals surface area contributed by atoms with E-state index in [1.54, 1.807) is 36.4 Å². The molecule has 172 valence electrons. The van der Waals surface area contributed by atoms with Gasteiger partial charge < -0.3 is 10.2 Å². The van der Waals surface area contributed by atoms with Gasteiger partial charge in [0, 0.05) is 16.1 Å². The minimum absolute atomic E-state index is 0.0827. The third-order valence-corrected chi connectivity index (χ3v) is 5.48. The normalized spacial score (nSPS) is 17.9. The summed E-state index contributed by atoms with van der Waals surface area (Å²) in [4.78, 5) is 28.1. The van der Waals surface area contributed by atoms with Crippen molar-refractivity contribution in [3.05, 3.63) is 107 Å². The summed E-state index contributed by atoms with van der Waals surface area (Å²) in [6, 6.07) is 24.4. The lowest BCUT2D eigenvalue weighted by molar-refractivity contribution is -0.135. The first-order valence-electron chi connectivity index (χ1n) is 10.4. The molecule has 0 saturated heterocycles. The monoisotopic (exact) mass is 476 g/mol. The summed E-state index contributed by atoms with van der Waals surface area (Å²) in [6.07, 6.45) is 0. The average Bonchev–Trinajstić information content (AvgIpc) is 3.21. The van der Waals surface area contributed by atoms with Crippen LogP contribution in [0.3, 0.4) is 0 Å². The number of aliphatic carboxylic acids is 1. The summed E-state index contributed by atoms with van der Waals surface area (Å²) in [5.41, 5.74) is 0.400. The van der Waals surface area contributed by atoms with Crippen LogP contribution >= 0.6 is 11.6 Å². The van der Waals surface area contributed by atoms with E-state index in [4.69, 9.17) is 16.7 Å². The van der Waals surface area contributed by atoms with Gasteiger partial charge >= 0.3 is 5.97 Å². The Morgan fingerprint density at radius 1 is 1.00 bits per heavy atom. The lowest BCUT2D eigenvalue weighted by Crippen LogP contribution is -2.45. The molecule has 34 heavy (non-hydrogen) atoms. The Morgan fingerprint density at radius 2 is 1.62 bits per heavy atom. The zero-order valence-electron chi connectivity index (χ0n) is 17.9. The van der Waals surface area contributed by atoms with Crippen molar-refractivity contribution in [3.8, 4) is 0 Å². The number of halogens is 1. The number of nitrogens with zero attached hydrogens (tertiary/aromatic N) is 3. The van der Waals surface area contributed by atoms with Crippen molar-refractivity contribution >= 4 is 35.1 Å². The van der Waals surface area contributed by atoms with Gasteiger partial charge in [-0.15, -0.1) is 0 Å². The molecule has 0 aliphatic carbocycles. The van der Waals surface area contributed by atoms with Crippen molar-refractivity contribution in [3.63, 3.8) is 0 Å². The summed E-state index contributed by atoms with van der Waals surface area (Å²) in [5, 5.41) is 29.9. The van der Waals surface area contributed by atoms with E-state index < -0.39 is 24.0 Å². The van der Waals surface area contributed by atoms with Crippen molar-refractivity contribution in [2.75, 3.05) is 13.1 Å². The van der Waals surface area contributed by atoms with E-state index in [-0.39, 0.29) is 12.5 Å². The molecule has 1 amide bonds. The molecule has 3 aromatic carbocycles. The van der Waals surface area contributed by atoms with Crippen molar-refractivity contribution in [2.45, 2.75) is 5.60 Å². The van der Waals surface area contributed by atoms with E-state index in [1.807, 2.05) is 36.4 Å². The molecule has 1 unspecified atom stereocenters. The number of hydrazone groups is 1. The molecule has 0 fully saturated rings. The van der Waals surface area contributed by atoms with Crippen LogP contribution in [0.25, 0.3) is 0 Å². The Kier molecular flexibility index (Phi) is 6.72. The fraction of sp³-hybridized carbons (Fsp3) is 0.120. The molecule has 1 atom stereocenters. The summed E-state index contributed by atoms with van der Waals surface area (Å²) in [5.74, 6) is -1.79. The van der Waals surface area contributed by atoms with Crippen molar-refractivity contribution in [2.24, 2.45) is 10.1 Å². The van der Waals surface area contributed by atoms with Gasteiger partial charge in [-0.05, 0) is 29.8 Å². The summed E-state index contributed by atoms with van der Waals surface area (Å²) >= 11 is 5.90. The van der Waals surface area contributed by atoms with Crippen LogP contribution in [-0.4, -0.2) is 51.9 Å². The molecule has 0 bridgehead atoms. The molecule has 0 radical (unpaired) electrons. The summed E-state index contributed by atoms with van der Waals surface area (Å²) < 4.78 is 0. The van der Waals surface area contributed by atoms with Crippen LogP contribution in [0, 0.1) is 0 Å². The molecule has 9 heteroatoms. The van der Waals surface area contributed by atoms with Crippen LogP contribution < -0.4 is 5.32 Å². The highest BCUT2D eigenvalue weighted by molar-refractivity contribution is 6.30. The number of nitrogens with one attached hydrogen (secondary N) is 1. The molecule has 1 aliphatic rings. The molecule has 8 nitrogen and oxygen atoms in total. The van der Waals surface area contributed by atoms with Crippen LogP contribution in [0.2, 0.25) is 5.02 Å². The van der Waals surface area contributed by atoms with Crippen LogP contribution in [0.1, 0.15) is 21.5 Å². The van der Waals surface area contributed by atoms with Crippen molar-refractivity contribution in [1.82, 2.24) is 10.3 Å². The lowest BCUT2D eigenvalue weighted by Gasteiger charge is -2.26. The van der Waals surface area contributed by atoms with E-state index in [0.717, 1.165) is 0 Å². The third kappa shape index (κ3) is 4.98. The quantitative estimate of drug-likeness (QED) is 0.386. The maximum Gasteiger partial charge on any atom is 0.325 e. The zero-order valence-corrected chi connectivity index (χ0v) is 18.7. The minimum atomic E-state index is -1.53. The second kappa shape index (κ2) is 9.86. The average molecular weight is 477 g/mol. The smallest absolute Gasteiger partial charge is 0.325 e. The Hall–Kier alpha value is -4.01. The van der Waals surface area contributed by atoms with Gasteiger partial charge in [0.05, 0.1) is 6.54 Å². The second-order valence-electron chi connectivity index (χ2n) is 7.59. The van der Waals surface area contributed by atoms with Crippen molar-refractivity contribution in [1.29, 1.82) is 0 Å². The van der Waals surface area contributed by atoms with Crippen LogP contribution in [0.15, 0.2) is 95.0 Å². The minimum Gasteiger partial charge on any atom is -0.480 e. The fourth-order valence-electron chi connectivity index (χ4n) is 3.59. The Morgan fingerprint density at radius 3 is 2.24 bits per heavy atom. The first-order chi connectivity index (χ1) is 16.4. The van der Waals surface area contributed by atoms with Crippen LogP contribution in [0.5, 0.6) is 0 Å².